The van der Waals surface area contributed by atoms with Crippen LogP contribution < -0.4 is 17.0 Å². The maximum atomic E-state index is 2.51. The van der Waals surface area contributed by atoms with Crippen molar-refractivity contribution >= 4 is 7.26 Å². The highest BCUT2D eigenvalue weighted by Gasteiger charge is 2.20. The second-order valence-corrected chi connectivity index (χ2v) is 10.4. The zero-order valence-electron chi connectivity index (χ0n) is 11.9. The highest BCUT2D eigenvalue weighted by atomic mass is 79.9. The SMILES string of the molecule is CCCCCCCCCC[P+](C)(C)CC.[Br-]. The van der Waals surface area contributed by atoms with Crippen molar-refractivity contribution in [3.63, 3.8) is 0 Å². The lowest BCUT2D eigenvalue weighted by Crippen LogP contribution is -3.00. The van der Waals surface area contributed by atoms with Gasteiger partial charge in [0, 0.05) is 20.6 Å². The predicted molar refractivity (Wildman–Crippen MR) is 76.8 cm³/mol. The topological polar surface area (TPSA) is 0 Å². The van der Waals surface area contributed by atoms with Gasteiger partial charge in [0.2, 0.25) is 0 Å². The Balaban J connectivity index is 0. The van der Waals surface area contributed by atoms with Crippen LogP contribution in [0.1, 0.15) is 65.2 Å². The van der Waals surface area contributed by atoms with E-state index in [-0.39, 0.29) is 17.0 Å². The summed E-state index contributed by atoms with van der Waals surface area (Å²) in [4.78, 5) is 0. The summed E-state index contributed by atoms with van der Waals surface area (Å²) in [6, 6.07) is 0. The van der Waals surface area contributed by atoms with E-state index in [4.69, 9.17) is 0 Å². The molecule has 0 saturated heterocycles. The molecule has 0 nitrogen and oxygen atoms in total. The van der Waals surface area contributed by atoms with E-state index in [1.54, 1.807) is 0 Å². The van der Waals surface area contributed by atoms with E-state index in [1.165, 1.54) is 63.7 Å². The summed E-state index contributed by atoms with van der Waals surface area (Å²) in [6.07, 6.45) is 14.6. The molecule has 16 heavy (non-hydrogen) atoms. The lowest BCUT2D eigenvalue weighted by Gasteiger charge is -2.15. The normalized spacial score (nSPS) is 11.2. The van der Waals surface area contributed by atoms with Crippen molar-refractivity contribution in [2.75, 3.05) is 25.7 Å². The standard InChI is InChI=1S/C14H32P.BrH/c1-5-7-8-9-10-11-12-13-14-15(3,4)6-2;/h5-14H2,1-4H3;1H/q+1;/p-1. The van der Waals surface area contributed by atoms with Crippen LogP contribution in [-0.4, -0.2) is 25.7 Å². The molecule has 0 aliphatic rings. The molecule has 0 amide bonds. The van der Waals surface area contributed by atoms with E-state index < -0.39 is 7.26 Å². The number of hydrogen-bond donors (Lipinski definition) is 0. The lowest BCUT2D eigenvalue weighted by atomic mass is 10.1. The van der Waals surface area contributed by atoms with Gasteiger partial charge in [-0.1, -0.05) is 45.4 Å². The van der Waals surface area contributed by atoms with Crippen LogP contribution in [0.15, 0.2) is 0 Å². The molecule has 0 rings (SSSR count). The van der Waals surface area contributed by atoms with Crippen molar-refractivity contribution in [3.8, 4) is 0 Å². The summed E-state index contributed by atoms with van der Waals surface area (Å²) in [5, 5.41) is 0. The fourth-order valence-corrected chi connectivity index (χ4v) is 3.23. The fourth-order valence-electron chi connectivity index (χ4n) is 1.83. The van der Waals surface area contributed by atoms with Gasteiger partial charge >= 0.3 is 0 Å². The first-order valence-electron chi connectivity index (χ1n) is 6.94. The molecule has 0 fully saturated rings. The van der Waals surface area contributed by atoms with Gasteiger partial charge in [0.05, 0.1) is 12.3 Å². The summed E-state index contributed by atoms with van der Waals surface area (Å²) >= 11 is 0. The van der Waals surface area contributed by atoms with E-state index in [9.17, 15) is 0 Å². The summed E-state index contributed by atoms with van der Waals surface area (Å²) < 4.78 is 0. The molecule has 0 unspecified atom stereocenters. The summed E-state index contributed by atoms with van der Waals surface area (Å²) in [5.41, 5.74) is 0. The second-order valence-electron chi connectivity index (χ2n) is 5.45. The molecule has 0 aliphatic heterocycles. The molecule has 2 heteroatoms. The Kier molecular flexibility index (Phi) is 14.9. The zero-order chi connectivity index (χ0) is 11.6. The number of rotatable bonds is 10. The van der Waals surface area contributed by atoms with Crippen LogP contribution >= 0.6 is 7.26 Å². The zero-order valence-corrected chi connectivity index (χ0v) is 14.4. The molecule has 0 bridgehead atoms. The van der Waals surface area contributed by atoms with Crippen LogP contribution in [0.4, 0.5) is 0 Å². The maximum absolute atomic E-state index is 2.51. The highest BCUT2D eigenvalue weighted by Crippen LogP contribution is 2.51. The first-order valence-corrected chi connectivity index (χ1v) is 9.99. The molecule has 0 atom stereocenters. The van der Waals surface area contributed by atoms with E-state index in [2.05, 4.69) is 27.2 Å². The van der Waals surface area contributed by atoms with Gasteiger partial charge in [-0.3, -0.25) is 0 Å². The number of unbranched alkanes of at least 4 members (excludes halogenated alkanes) is 7. The summed E-state index contributed by atoms with van der Waals surface area (Å²) in [5.74, 6) is 0. The molecule has 0 saturated carbocycles. The van der Waals surface area contributed by atoms with E-state index >= 15 is 0 Å². The molecule has 100 valence electrons. The van der Waals surface area contributed by atoms with E-state index in [1.807, 2.05) is 0 Å². The Hall–Kier alpha value is 0.910. The summed E-state index contributed by atoms with van der Waals surface area (Å²) in [7, 11) is -0.490. The van der Waals surface area contributed by atoms with E-state index in [0.717, 1.165) is 0 Å². The van der Waals surface area contributed by atoms with Crippen molar-refractivity contribution in [2.45, 2.75) is 65.2 Å². The van der Waals surface area contributed by atoms with Gasteiger partial charge < -0.3 is 17.0 Å². The Morgan fingerprint density at radius 2 is 1.12 bits per heavy atom. The monoisotopic (exact) mass is 310 g/mol. The van der Waals surface area contributed by atoms with Crippen molar-refractivity contribution in [2.24, 2.45) is 0 Å². The fraction of sp³-hybridized carbons (Fsp3) is 1.00. The molecular formula is C14H32BrP. The minimum atomic E-state index is -0.490. The molecule has 0 aliphatic carbocycles. The molecule has 0 N–H and O–H groups in total. The van der Waals surface area contributed by atoms with Crippen LogP contribution in [0.3, 0.4) is 0 Å². The third-order valence-corrected chi connectivity index (χ3v) is 6.71. The third kappa shape index (κ3) is 13.0. The Labute approximate surface area is 115 Å². The first kappa shape index (κ1) is 19.3. The maximum Gasteiger partial charge on any atom is 0.0588 e. The van der Waals surface area contributed by atoms with Crippen LogP contribution in [0, 0.1) is 0 Å². The van der Waals surface area contributed by atoms with Crippen molar-refractivity contribution in [1.29, 1.82) is 0 Å². The van der Waals surface area contributed by atoms with Gasteiger partial charge in [0.15, 0.2) is 0 Å². The first-order chi connectivity index (χ1) is 7.12. The molecule has 0 heterocycles. The smallest absolute Gasteiger partial charge is 0.0588 e. The van der Waals surface area contributed by atoms with Crippen LogP contribution in [0.25, 0.3) is 0 Å². The van der Waals surface area contributed by atoms with Gasteiger partial charge in [-0.25, -0.2) is 0 Å². The van der Waals surface area contributed by atoms with Gasteiger partial charge in [-0.2, -0.15) is 0 Å². The highest BCUT2D eigenvalue weighted by molar-refractivity contribution is 7.74. The van der Waals surface area contributed by atoms with Gasteiger partial charge in [0.25, 0.3) is 0 Å². The Morgan fingerprint density at radius 1 is 0.688 bits per heavy atom. The molecule has 0 aromatic carbocycles. The average molecular weight is 311 g/mol. The Morgan fingerprint density at radius 3 is 1.56 bits per heavy atom. The minimum Gasteiger partial charge on any atom is -1.00 e. The van der Waals surface area contributed by atoms with Crippen LogP contribution in [0.5, 0.6) is 0 Å². The van der Waals surface area contributed by atoms with Crippen LogP contribution in [0.2, 0.25) is 0 Å². The molecule has 0 spiro atoms. The molecule has 0 aromatic rings. The van der Waals surface area contributed by atoms with Crippen molar-refractivity contribution in [1.82, 2.24) is 0 Å². The second kappa shape index (κ2) is 12.4. The Bertz CT molecular complexity index is 135. The molecule has 0 radical (unpaired) electrons. The lowest BCUT2D eigenvalue weighted by molar-refractivity contribution is -0.00000363. The molecule has 0 aromatic heterocycles. The van der Waals surface area contributed by atoms with Gasteiger partial charge in [-0.05, 0) is 19.8 Å². The summed E-state index contributed by atoms with van der Waals surface area (Å²) in [6.45, 7) is 9.66. The van der Waals surface area contributed by atoms with E-state index in [0.29, 0.717) is 0 Å². The third-order valence-electron chi connectivity index (χ3n) is 3.47. The minimum absolute atomic E-state index is 0. The van der Waals surface area contributed by atoms with Crippen molar-refractivity contribution < 1.29 is 17.0 Å². The number of hydrogen-bond acceptors (Lipinski definition) is 0. The van der Waals surface area contributed by atoms with Crippen molar-refractivity contribution in [3.05, 3.63) is 0 Å². The largest absolute Gasteiger partial charge is 1.00 e. The predicted octanol–water partition coefficient (Wildman–Crippen LogP) is 2.43. The van der Waals surface area contributed by atoms with Crippen LogP contribution in [-0.2, 0) is 0 Å². The van der Waals surface area contributed by atoms with Gasteiger partial charge in [-0.15, -0.1) is 0 Å². The molecular weight excluding hydrogens is 279 g/mol. The average Bonchev–Trinajstić information content (AvgIpc) is 2.22. The van der Waals surface area contributed by atoms with Gasteiger partial charge in [0.1, 0.15) is 0 Å². The number of halogens is 1. The quantitative estimate of drug-likeness (QED) is 0.429.